The number of carbonyl (C=O) groups is 1. The molecule has 1 atom stereocenters. The van der Waals surface area contributed by atoms with E-state index in [1.165, 1.54) is 19.3 Å². The predicted molar refractivity (Wildman–Crippen MR) is 62.7 cm³/mol. The maximum atomic E-state index is 11.4. The van der Waals surface area contributed by atoms with E-state index in [1.807, 2.05) is 0 Å². The Bertz CT molecular complexity index is 190. The molecule has 3 heteroatoms. The van der Waals surface area contributed by atoms with Crippen LogP contribution in [0.15, 0.2) is 0 Å². The Morgan fingerprint density at radius 3 is 2.73 bits per heavy atom. The van der Waals surface area contributed by atoms with E-state index in [1.54, 1.807) is 0 Å². The summed E-state index contributed by atoms with van der Waals surface area (Å²) in [5.41, 5.74) is 0. The van der Waals surface area contributed by atoms with Crippen LogP contribution in [0.1, 0.15) is 46.0 Å². The predicted octanol–water partition coefficient (Wildman–Crippen LogP) is 1.68. The Labute approximate surface area is 93.0 Å². The number of hydrogen-bond donors (Lipinski definition) is 2. The van der Waals surface area contributed by atoms with Crippen molar-refractivity contribution in [3.8, 4) is 0 Å². The fraction of sp³-hybridized carbons (Fsp3) is 0.917. The van der Waals surface area contributed by atoms with Crippen LogP contribution >= 0.6 is 0 Å². The average molecular weight is 212 g/mol. The molecule has 2 N–H and O–H groups in total. The van der Waals surface area contributed by atoms with E-state index in [4.69, 9.17) is 0 Å². The summed E-state index contributed by atoms with van der Waals surface area (Å²) < 4.78 is 0. The van der Waals surface area contributed by atoms with Gasteiger partial charge in [-0.05, 0) is 25.7 Å². The van der Waals surface area contributed by atoms with E-state index in [2.05, 4.69) is 24.5 Å². The molecule has 1 unspecified atom stereocenters. The van der Waals surface area contributed by atoms with Gasteiger partial charge in [-0.1, -0.05) is 26.2 Å². The van der Waals surface area contributed by atoms with Gasteiger partial charge in [0.1, 0.15) is 0 Å². The second-order valence-electron chi connectivity index (χ2n) is 4.63. The van der Waals surface area contributed by atoms with E-state index in [-0.39, 0.29) is 5.91 Å². The number of nitrogens with one attached hydrogen (secondary N) is 2. The van der Waals surface area contributed by atoms with Crippen molar-refractivity contribution in [2.24, 2.45) is 5.92 Å². The summed E-state index contributed by atoms with van der Waals surface area (Å²) in [6.07, 6.45) is 6.33. The van der Waals surface area contributed by atoms with Gasteiger partial charge in [-0.2, -0.15) is 0 Å². The number of hydrogen-bond acceptors (Lipinski definition) is 2. The summed E-state index contributed by atoms with van der Waals surface area (Å²) in [6.45, 7) is 5.53. The number of carbonyl (C=O) groups excluding carboxylic acids is 1. The number of rotatable bonds is 7. The molecular weight excluding hydrogens is 188 g/mol. The normalized spacial score (nSPS) is 18.3. The van der Waals surface area contributed by atoms with Crippen LogP contribution in [0.5, 0.6) is 0 Å². The van der Waals surface area contributed by atoms with Crippen molar-refractivity contribution < 1.29 is 4.79 Å². The molecule has 15 heavy (non-hydrogen) atoms. The molecule has 0 heterocycles. The first-order valence-electron chi connectivity index (χ1n) is 6.22. The number of amides is 1. The molecule has 1 amide bonds. The van der Waals surface area contributed by atoms with Crippen LogP contribution < -0.4 is 10.6 Å². The van der Waals surface area contributed by atoms with Crippen LogP contribution in [-0.4, -0.2) is 25.0 Å². The lowest BCUT2D eigenvalue weighted by Gasteiger charge is -2.25. The highest BCUT2D eigenvalue weighted by molar-refractivity contribution is 5.77. The zero-order valence-corrected chi connectivity index (χ0v) is 10.0. The van der Waals surface area contributed by atoms with E-state index >= 15 is 0 Å². The van der Waals surface area contributed by atoms with Crippen LogP contribution in [0.4, 0.5) is 0 Å². The van der Waals surface area contributed by atoms with Gasteiger partial charge in [-0.15, -0.1) is 0 Å². The minimum atomic E-state index is 0.134. The van der Waals surface area contributed by atoms with Gasteiger partial charge in [0.05, 0.1) is 6.54 Å². The first kappa shape index (κ1) is 12.5. The first-order valence-corrected chi connectivity index (χ1v) is 6.22. The molecule has 1 fully saturated rings. The van der Waals surface area contributed by atoms with Gasteiger partial charge < -0.3 is 10.6 Å². The molecule has 0 aromatic heterocycles. The Morgan fingerprint density at radius 1 is 1.47 bits per heavy atom. The van der Waals surface area contributed by atoms with Crippen molar-refractivity contribution in [2.45, 2.75) is 52.0 Å². The average Bonchev–Trinajstić information content (AvgIpc) is 2.18. The molecule has 1 aliphatic carbocycles. The minimum Gasteiger partial charge on any atom is -0.355 e. The van der Waals surface area contributed by atoms with Gasteiger partial charge in [0.15, 0.2) is 0 Å². The molecule has 1 aliphatic rings. The van der Waals surface area contributed by atoms with E-state index in [9.17, 15) is 4.79 Å². The molecule has 0 spiro atoms. The topological polar surface area (TPSA) is 41.1 Å². The minimum absolute atomic E-state index is 0.134. The summed E-state index contributed by atoms with van der Waals surface area (Å²) in [6, 6.07) is 0.433. The lowest BCUT2D eigenvalue weighted by molar-refractivity contribution is -0.120. The van der Waals surface area contributed by atoms with Gasteiger partial charge in [-0.3, -0.25) is 4.79 Å². The third-order valence-electron chi connectivity index (χ3n) is 3.32. The SMILES string of the molecule is CCC(C)NCC(=O)NCCC1CCC1. The van der Waals surface area contributed by atoms with Gasteiger partial charge in [0.25, 0.3) is 0 Å². The van der Waals surface area contributed by atoms with Crippen molar-refractivity contribution in [3.05, 3.63) is 0 Å². The third kappa shape index (κ3) is 5.17. The van der Waals surface area contributed by atoms with Gasteiger partial charge in [0, 0.05) is 12.6 Å². The fourth-order valence-electron chi connectivity index (χ4n) is 1.67. The zero-order valence-electron chi connectivity index (χ0n) is 10.0. The van der Waals surface area contributed by atoms with Crippen molar-refractivity contribution >= 4 is 5.91 Å². The van der Waals surface area contributed by atoms with Crippen LogP contribution in [0, 0.1) is 5.92 Å². The third-order valence-corrected chi connectivity index (χ3v) is 3.32. The molecular formula is C12H24N2O. The fourth-order valence-corrected chi connectivity index (χ4v) is 1.67. The summed E-state index contributed by atoms with van der Waals surface area (Å²) >= 11 is 0. The zero-order chi connectivity index (χ0) is 11.1. The highest BCUT2D eigenvalue weighted by Gasteiger charge is 2.16. The van der Waals surface area contributed by atoms with Crippen molar-refractivity contribution in [3.63, 3.8) is 0 Å². The summed E-state index contributed by atoms with van der Waals surface area (Å²) in [7, 11) is 0. The quantitative estimate of drug-likeness (QED) is 0.674. The molecule has 1 rings (SSSR count). The van der Waals surface area contributed by atoms with Gasteiger partial charge in [-0.25, -0.2) is 0 Å². The lowest BCUT2D eigenvalue weighted by atomic mass is 9.83. The van der Waals surface area contributed by atoms with Crippen molar-refractivity contribution in [2.75, 3.05) is 13.1 Å². The second kappa shape index (κ2) is 6.83. The summed E-state index contributed by atoms with van der Waals surface area (Å²) in [5, 5.41) is 6.15. The van der Waals surface area contributed by atoms with E-state index in [0.29, 0.717) is 12.6 Å². The molecule has 1 saturated carbocycles. The molecule has 3 nitrogen and oxygen atoms in total. The summed E-state index contributed by atoms with van der Waals surface area (Å²) in [4.78, 5) is 11.4. The maximum Gasteiger partial charge on any atom is 0.233 e. The molecule has 0 radical (unpaired) electrons. The van der Waals surface area contributed by atoms with Crippen molar-refractivity contribution in [1.82, 2.24) is 10.6 Å². The Morgan fingerprint density at radius 2 is 2.20 bits per heavy atom. The first-order chi connectivity index (χ1) is 7.22. The molecule has 0 bridgehead atoms. The summed E-state index contributed by atoms with van der Waals surface area (Å²) in [5.74, 6) is 1.02. The van der Waals surface area contributed by atoms with Gasteiger partial charge >= 0.3 is 0 Å². The van der Waals surface area contributed by atoms with Crippen LogP contribution in [0.3, 0.4) is 0 Å². The Balaban J connectivity index is 1.93. The maximum absolute atomic E-state index is 11.4. The highest BCUT2D eigenvalue weighted by Crippen LogP contribution is 2.28. The second-order valence-corrected chi connectivity index (χ2v) is 4.63. The largest absolute Gasteiger partial charge is 0.355 e. The van der Waals surface area contributed by atoms with Crippen LogP contribution in [0.2, 0.25) is 0 Å². The standard InChI is InChI=1S/C12H24N2O/c1-3-10(2)14-9-12(15)13-8-7-11-5-4-6-11/h10-11,14H,3-9H2,1-2H3,(H,13,15). The monoisotopic (exact) mass is 212 g/mol. The molecule has 0 aromatic rings. The van der Waals surface area contributed by atoms with Crippen LogP contribution in [0.25, 0.3) is 0 Å². The van der Waals surface area contributed by atoms with E-state index in [0.717, 1.165) is 25.3 Å². The van der Waals surface area contributed by atoms with Crippen molar-refractivity contribution in [1.29, 1.82) is 0 Å². The molecule has 0 aliphatic heterocycles. The molecule has 0 aromatic carbocycles. The Hall–Kier alpha value is -0.570. The smallest absolute Gasteiger partial charge is 0.233 e. The molecule has 0 saturated heterocycles. The van der Waals surface area contributed by atoms with Crippen LogP contribution in [-0.2, 0) is 4.79 Å². The lowest BCUT2D eigenvalue weighted by Crippen LogP contribution is -2.38. The highest BCUT2D eigenvalue weighted by atomic mass is 16.1. The van der Waals surface area contributed by atoms with E-state index < -0.39 is 0 Å². The Kier molecular flexibility index (Phi) is 5.69. The van der Waals surface area contributed by atoms with Gasteiger partial charge in [0.2, 0.25) is 5.91 Å². The molecule has 88 valence electrons.